The fraction of sp³-hybridized carbons (Fsp3) is 0.333. The molecule has 2 N–H and O–H groups in total. The average Bonchev–Trinajstić information content (AvgIpc) is 2.09. The lowest BCUT2D eigenvalue weighted by Crippen LogP contribution is -2.25. The van der Waals surface area contributed by atoms with E-state index >= 15 is 0 Å². The number of alkyl halides is 2. The van der Waals surface area contributed by atoms with Crippen LogP contribution in [0.5, 0.6) is 0 Å². The zero-order valence-electron chi connectivity index (χ0n) is 6.27. The molecule has 7 heteroatoms. The first-order valence-corrected chi connectivity index (χ1v) is 4.00. The van der Waals surface area contributed by atoms with Crippen molar-refractivity contribution in [2.24, 2.45) is 5.73 Å². The number of halogens is 4. The minimum absolute atomic E-state index is 0.146. The Kier molecular flexibility index (Phi) is 3.00. The SMILES string of the molecule is NCC(F)(F)c1cc(Cl)nnc1Cl. The summed E-state index contributed by atoms with van der Waals surface area (Å²) in [5.74, 6) is -3.23. The molecule has 0 aliphatic rings. The van der Waals surface area contributed by atoms with E-state index in [-0.39, 0.29) is 10.3 Å². The highest BCUT2D eigenvalue weighted by molar-refractivity contribution is 6.31. The van der Waals surface area contributed by atoms with E-state index in [1.165, 1.54) is 0 Å². The molecule has 0 amide bonds. The molecule has 0 saturated carbocycles. The van der Waals surface area contributed by atoms with Gasteiger partial charge in [-0.3, -0.25) is 0 Å². The summed E-state index contributed by atoms with van der Waals surface area (Å²) in [5, 5.41) is 6.00. The molecule has 0 aliphatic heterocycles. The molecule has 0 aliphatic carbocycles. The van der Waals surface area contributed by atoms with Crippen LogP contribution in [-0.4, -0.2) is 16.7 Å². The first kappa shape index (κ1) is 10.6. The van der Waals surface area contributed by atoms with E-state index in [1.807, 2.05) is 0 Å². The summed E-state index contributed by atoms with van der Waals surface area (Å²) in [6.45, 7) is -0.852. The molecular formula is C6H5Cl2F2N3. The third kappa shape index (κ3) is 2.24. The Bertz CT molecular complexity index is 319. The summed E-state index contributed by atoms with van der Waals surface area (Å²) in [6.07, 6.45) is 0. The Morgan fingerprint density at radius 3 is 2.54 bits per heavy atom. The maximum absolute atomic E-state index is 13.0. The van der Waals surface area contributed by atoms with Crippen molar-refractivity contribution in [3.8, 4) is 0 Å². The molecule has 0 aromatic carbocycles. The van der Waals surface area contributed by atoms with Crippen molar-refractivity contribution >= 4 is 23.2 Å². The van der Waals surface area contributed by atoms with Gasteiger partial charge in [0.15, 0.2) is 10.3 Å². The standard InChI is InChI=1S/C6H5Cl2F2N3/c7-4-1-3(5(8)13-12-4)6(9,10)2-11/h1H,2,11H2. The van der Waals surface area contributed by atoms with Gasteiger partial charge in [0.1, 0.15) is 0 Å². The topological polar surface area (TPSA) is 51.8 Å². The van der Waals surface area contributed by atoms with Gasteiger partial charge in [-0.25, -0.2) is 0 Å². The Labute approximate surface area is 82.8 Å². The molecule has 0 radical (unpaired) electrons. The Morgan fingerprint density at radius 1 is 1.38 bits per heavy atom. The summed E-state index contributed by atoms with van der Waals surface area (Å²) in [7, 11) is 0. The van der Waals surface area contributed by atoms with Gasteiger partial charge in [-0.15, -0.1) is 10.2 Å². The zero-order chi connectivity index (χ0) is 10.1. The van der Waals surface area contributed by atoms with Crippen molar-refractivity contribution in [2.75, 3.05) is 6.54 Å². The maximum atomic E-state index is 13.0. The molecular weight excluding hydrogens is 223 g/mol. The zero-order valence-corrected chi connectivity index (χ0v) is 7.78. The molecule has 0 unspecified atom stereocenters. The van der Waals surface area contributed by atoms with Crippen LogP contribution in [0.1, 0.15) is 5.56 Å². The van der Waals surface area contributed by atoms with Crippen LogP contribution in [0.3, 0.4) is 0 Å². The summed E-state index contributed by atoms with van der Waals surface area (Å²) < 4.78 is 26.0. The van der Waals surface area contributed by atoms with E-state index in [1.54, 1.807) is 0 Å². The van der Waals surface area contributed by atoms with E-state index in [9.17, 15) is 8.78 Å². The molecule has 1 rings (SSSR count). The van der Waals surface area contributed by atoms with Crippen molar-refractivity contribution in [3.63, 3.8) is 0 Å². The van der Waals surface area contributed by atoms with Crippen LogP contribution in [0.2, 0.25) is 10.3 Å². The highest BCUT2D eigenvalue weighted by atomic mass is 35.5. The fourth-order valence-corrected chi connectivity index (χ4v) is 1.10. The second-order valence-electron chi connectivity index (χ2n) is 2.28. The van der Waals surface area contributed by atoms with Crippen LogP contribution < -0.4 is 5.73 Å². The van der Waals surface area contributed by atoms with Crippen LogP contribution in [0, 0.1) is 0 Å². The molecule has 1 aromatic heterocycles. The van der Waals surface area contributed by atoms with E-state index in [4.69, 9.17) is 28.9 Å². The Morgan fingerprint density at radius 2 is 2.00 bits per heavy atom. The van der Waals surface area contributed by atoms with Gasteiger partial charge < -0.3 is 5.73 Å². The van der Waals surface area contributed by atoms with Gasteiger partial charge in [-0.1, -0.05) is 23.2 Å². The van der Waals surface area contributed by atoms with Crippen LogP contribution in [0.4, 0.5) is 8.78 Å². The van der Waals surface area contributed by atoms with E-state index in [0.717, 1.165) is 6.07 Å². The fourth-order valence-electron chi connectivity index (χ4n) is 0.720. The van der Waals surface area contributed by atoms with Crippen LogP contribution in [0.25, 0.3) is 0 Å². The predicted octanol–water partition coefficient (Wildman–Crippen LogP) is 1.83. The molecule has 72 valence electrons. The monoisotopic (exact) mass is 227 g/mol. The second-order valence-corrected chi connectivity index (χ2v) is 3.03. The number of aromatic nitrogens is 2. The summed E-state index contributed by atoms with van der Waals surface area (Å²) in [5.41, 5.74) is 4.35. The molecule has 1 heterocycles. The molecule has 0 saturated heterocycles. The quantitative estimate of drug-likeness (QED) is 0.839. The summed E-state index contributed by atoms with van der Waals surface area (Å²) in [6, 6.07) is 0.948. The lowest BCUT2D eigenvalue weighted by molar-refractivity contribution is 0.00559. The van der Waals surface area contributed by atoms with Gasteiger partial charge >= 0.3 is 0 Å². The number of hydrogen-bond acceptors (Lipinski definition) is 3. The average molecular weight is 228 g/mol. The van der Waals surface area contributed by atoms with Crippen LogP contribution in [0.15, 0.2) is 6.07 Å². The predicted molar refractivity (Wildman–Crippen MR) is 45.0 cm³/mol. The first-order valence-electron chi connectivity index (χ1n) is 3.24. The van der Waals surface area contributed by atoms with Gasteiger partial charge in [0.2, 0.25) is 0 Å². The van der Waals surface area contributed by atoms with Gasteiger partial charge in [0.05, 0.1) is 12.1 Å². The van der Waals surface area contributed by atoms with Crippen molar-refractivity contribution in [1.29, 1.82) is 0 Å². The number of nitrogens with zero attached hydrogens (tertiary/aromatic N) is 2. The normalized spacial score (nSPS) is 11.8. The first-order chi connectivity index (χ1) is 5.97. The van der Waals surface area contributed by atoms with Crippen LogP contribution in [-0.2, 0) is 5.92 Å². The van der Waals surface area contributed by atoms with Gasteiger partial charge in [-0.05, 0) is 6.07 Å². The third-order valence-corrected chi connectivity index (χ3v) is 1.83. The van der Waals surface area contributed by atoms with Crippen molar-refractivity contribution < 1.29 is 8.78 Å². The lowest BCUT2D eigenvalue weighted by atomic mass is 10.1. The van der Waals surface area contributed by atoms with Gasteiger partial charge in [0.25, 0.3) is 5.92 Å². The van der Waals surface area contributed by atoms with Crippen molar-refractivity contribution in [2.45, 2.75) is 5.92 Å². The molecule has 0 atom stereocenters. The van der Waals surface area contributed by atoms with E-state index in [0.29, 0.717) is 0 Å². The van der Waals surface area contributed by atoms with Crippen LogP contribution >= 0.6 is 23.2 Å². The maximum Gasteiger partial charge on any atom is 0.288 e. The van der Waals surface area contributed by atoms with Gasteiger partial charge in [0, 0.05) is 0 Å². The Hall–Kier alpha value is -0.520. The highest BCUT2D eigenvalue weighted by Gasteiger charge is 2.33. The molecule has 13 heavy (non-hydrogen) atoms. The smallest absolute Gasteiger partial charge is 0.288 e. The molecule has 1 aromatic rings. The van der Waals surface area contributed by atoms with Crippen molar-refractivity contribution in [1.82, 2.24) is 10.2 Å². The van der Waals surface area contributed by atoms with Crippen molar-refractivity contribution in [3.05, 3.63) is 21.9 Å². The summed E-state index contributed by atoms with van der Waals surface area (Å²) >= 11 is 10.8. The number of rotatable bonds is 2. The minimum Gasteiger partial charge on any atom is -0.325 e. The number of nitrogens with two attached hydrogens (primary N) is 1. The molecule has 3 nitrogen and oxygen atoms in total. The lowest BCUT2D eigenvalue weighted by Gasteiger charge is -2.14. The summed E-state index contributed by atoms with van der Waals surface area (Å²) in [4.78, 5) is 0. The van der Waals surface area contributed by atoms with E-state index < -0.39 is 18.0 Å². The third-order valence-electron chi connectivity index (χ3n) is 1.37. The highest BCUT2D eigenvalue weighted by Crippen LogP contribution is 2.31. The number of hydrogen-bond donors (Lipinski definition) is 1. The second kappa shape index (κ2) is 3.69. The van der Waals surface area contributed by atoms with E-state index in [2.05, 4.69) is 10.2 Å². The minimum atomic E-state index is -3.23. The molecule has 0 fully saturated rings. The molecule has 0 bridgehead atoms. The Balaban J connectivity index is 3.20. The van der Waals surface area contributed by atoms with Gasteiger partial charge in [-0.2, -0.15) is 8.78 Å². The molecule has 0 spiro atoms. The largest absolute Gasteiger partial charge is 0.325 e.